The van der Waals surface area contributed by atoms with Gasteiger partial charge in [0.25, 0.3) is 0 Å². The van der Waals surface area contributed by atoms with Gasteiger partial charge in [-0.25, -0.2) is 10.0 Å². The second-order valence-corrected chi connectivity index (χ2v) is 8.14. The molecule has 0 saturated heterocycles. The Morgan fingerprint density at radius 2 is 1.11 bits per heavy atom. The van der Waals surface area contributed by atoms with Gasteiger partial charge in [0.15, 0.2) is 12.6 Å². The van der Waals surface area contributed by atoms with E-state index >= 15 is 0 Å². The van der Waals surface area contributed by atoms with Crippen molar-refractivity contribution in [3.8, 4) is 0 Å². The highest BCUT2D eigenvalue weighted by molar-refractivity contribution is 5.73. The number of hydrogen-bond donors (Lipinski definition) is 4. The summed E-state index contributed by atoms with van der Waals surface area (Å²) >= 11 is 0. The van der Waals surface area contributed by atoms with Gasteiger partial charge in [-0.3, -0.25) is 0 Å². The molecular weight excluding hydrogens is 358 g/mol. The summed E-state index contributed by atoms with van der Waals surface area (Å²) in [6.07, 6.45) is 14.6. The molecule has 0 aliphatic carbocycles. The molecule has 6 nitrogen and oxygen atoms in total. The van der Waals surface area contributed by atoms with Gasteiger partial charge in [-0.05, 0) is 13.3 Å². The van der Waals surface area contributed by atoms with Gasteiger partial charge in [0, 0.05) is 0 Å². The maximum absolute atomic E-state index is 12.1. The Bertz CT molecular complexity index is 378. The summed E-state index contributed by atoms with van der Waals surface area (Å²) in [5, 5.41) is 38.2. The van der Waals surface area contributed by atoms with E-state index in [-0.39, 0.29) is 6.54 Å². The number of amides is 1. The zero-order valence-corrected chi connectivity index (χ0v) is 18.3. The number of quaternary nitrogens is 1. The summed E-state index contributed by atoms with van der Waals surface area (Å²) < 4.78 is -1.14. The molecule has 0 spiro atoms. The Morgan fingerprint density at radius 3 is 1.46 bits per heavy atom. The topological polar surface area (TPSA) is 98.0 Å². The minimum absolute atomic E-state index is 0.00769. The van der Waals surface area contributed by atoms with Crippen LogP contribution in [0.5, 0.6) is 0 Å². The molecule has 0 bridgehead atoms. The zero-order chi connectivity index (χ0) is 21.3. The highest BCUT2D eigenvalue weighted by atomic mass is 16.6. The predicted octanol–water partition coefficient (Wildman–Crippen LogP) is 4.28. The molecule has 2 atom stereocenters. The fourth-order valence-electron chi connectivity index (χ4n) is 3.58. The summed E-state index contributed by atoms with van der Waals surface area (Å²) in [4.78, 5) is 12.1. The third-order valence-electron chi connectivity index (χ3n) is 5.51. The molecule has 0 aliphatic heterocycles. The Labute approximate surface area is 172 Å². The molecule has 6 heteroatoms. The van der Waals surface area contributed by atoms with Crippen molar-refractivity contribution in [3.63, 3.8) is 0 Å². The van der Waals surface area contributed by atoms with Crippen LogP contribution >= 0.6 is 0 Å². The van der Waals surface area contributed by atoms with Crippen molar-refractivity contribution in [2.24, 2.45) is 0 Å². The van der Waals surface area contributed by atoms with E-state index in [4.69, 9.17) is 10.2 Å². The van der Waals surface area contributed by atoms with Crippen molar-refractivity contribution in [1.82, 2.24) is 0 Å². The van der Waals surface area contributed by atoms with Gasteiger partial charge >= 0.3 is 5.91 Å². The molecule has 0 aliphatic rings. The Morgan fingerprint density at radius 1 is 0.714 bits per heavy atom. The van der Waals surface area contributed by atoms with E-state index in [2.05, 4.69) is 6.92 Å². The summed E-state index contributed by atoms with van der Waals surface area (Å²) in [5.74, 6) is -0.759. The van der Waals surface area contributed by atoms with Crippen molar-refractivity contribution in [1.29, 1.82) is 0 Å². The lowest BCUT2D eigenvalue weighted by Crippen LogP contribution is -2.57. The molecule has 0 saturated carbocycles. The van der Waals surface area contributed by atoms with Crippen LogP contribution in [0.25, 0.3) is 0 Å². The van der Waals surface area contributed by atoms with Crippen LogP contribution in [0, 0.1) is 0 Å². The van der Waals surface area contributed by atoms with Crippen molar-refractivity contribution in [3.05, 3.63) is 0 Å². The number of carbonyl (C=O) groups excluding carboxylic acids is 1. The van der Waals surface area contributed by atoms with Crippen molar-refractivity contribution < 1.29 is 30.0 Å². The molecule has 0 aromatic carbocycles. The first kappa shape index (κ1) is 27.5. The maximum atomic E-state index is 12.1. The number of carbonyl (C=O) groups is 1. The number of likely N-dealkylation sites (N-methyl/N-ethyl adjacent to an activating group) is 1. The van der Waals surface area contributed by atoms with Crippen molar-refractivity contribution in [2.75, 3.05) is 13.1 Å². The predicted molar refractivity (Wildman–Crippen MR) is 112 cm³/mol. The molecule has 0 heterocycles. The van der Waals surface area contributed by atoms with Gasteiger partial charge in [0.2, 0.25) is 6.29 Å². The zero-order valence-electron chi connectivity index (χ0n) is 18.3. The summed E-state index contributed by atoms with van der Waals surface area (Å²) in [5.41, 5.74) is 0. The largest absolute Gasteiger partial charge is 0.379 e. The lowest BCUT2D eigenvalue weighted by Gasteiger charge is -2.28. The molecule has 0 fully saturated rings. The van der Waals surface area contributed by atoms with Crippen LogP contribution in [0.1, 0.15) is 110 Å². The lowest BCUT2D eigenvalue weighted by molar-refractivity contribution is -1.04. The molecule has 0 aromatic rings. The smallest absolute Gasteiger partial charge is 0.374 e. The van der Waals surface area contributed by atoms with E-state index in [0.717, 1.165) is 19.3 Å². The average Bonchev–Trinajstić information content (AvgIpc) is 2.66. The van der Waals surface area contributed by atoms with Crippen LogP contribution in [-0.4, -0.2) is 56.6 Å². The van der Waals surface area contributed by atoms with E-state index in [9.17, 15) is 15.1 Å². The first-order chi connectivity index (χ1) is 13.4. The number of hydroxylamine groups is 3. The maximum Gasteiger partial charge on any atom is 0.374 e. The van der Waals surface area contributed by atoms with Crippen LogP contribution in [0.3, 0.4) is 0 Å². The standard InChI is InChI=1S/C22H46NO5/c1-3-5-6-7-8-9-10-11-12-13-14-15-16-17-18-20(24)22(27)23(28,4-2)19-21(25)26/h20-21,24-26,28H,3-19H2,1-2H3/q+1. The highest BCUT2D eigenvalue weighted by Gasteiger charge is 2.40. The van der Waals surface area contributed by atoms with Crippen molar-refractivity contribution in [2.45, 2.75) is 123 Å². The fraction of sp³-hybridized carbons (Fsp3) is 0.955. The van der Waals surface area contributed by atoms with Gasteiger partial charge in [0.1, 0.15) is 6.54 Å². The van der Waals surface area contributed by atoms with Gasteiger partial charge in [-0.2, -0.15) is 0 Å². The van der Waals surface area contributed by atoms with Gasteiger partial charge in [-0.15, -0.1) is 4.65 Å². The molecule has 1 amide bonds. The SMILES string of the molecule is CCCCCCCCCCCCCCCCC(O)C(=O)[N+](O)(CC)CC(O)O. The molecule has 28 heavy (non-hydrogen) atoms. The lowest BCUT2D eigenvalue weighted by atomic mass is 10.0. The summed E-state index contributed by atoms with van der Waals surface area (Å²) in [7, 11) is 0. The van der Waals surface area contributed by atoms with E-state index < -0.39 is 29.5 Å². The van der Waals surface area contributed by atoms with Crippen LogP contribution in [0.4, 0.5) is 0 Å². The Kier molecular flexibility index (Phi) is 17.0. The first-order valence-electron chi connectivity index (χ1n) is 11.6. The third kappa shape index (κ3) is 13.6. The number of aliphatic hydroxyl groups excluding tert-OH is 2. The molecule has 0 rings (SSSR count). The number of aliphatic hydroxyl groups is 3. The fourth-order valence-corrected chi connectivity index (χ4v) is 3.58. The molecule has 0 aromatic heterocycles. The highest BCUT2D eigenvalue weighted by Crippen LogP contribution is 2.15. The second-order valence-electron chi connectivity index (χ2n) is 8.14. The normalized spacial score (nSPS) is 15.0. The Hall–Kier alpha value is -0.530. The number of rotatable bonds is 19. The van der Waals surface area contributed by atoms with Crippen LogP contribution in [0.15, 0.2) is 0 Å². The van der Waals surface area contributed by atoms with Crippen LogP contribution < -0.4 is 0 Å². The van der Waals surface area contributed by atoms with Gasteiger partial charge in [-0.1, -0.05) is 96.8 Å². The number of nitrogens with zero attached hydrogens (tertiary/aromatic N) is 1. The second kappa shape index (κ2) is 17.3. The van der Waals surface area contributed by atoms with E-state index in [1.54, 1.807) is 6.92 Å². The van der Waals surface area contributed by atoms with Crippen molar-refractivity contribution >= 4 is 5.91 Å². The minimum atomic E-state index is -1.79. The van der Waals surface area contributed by atoms with E-state index in [0.29, 0.717) is 6.42 Å². The Balaban J connectivity index is 3.61. The molecule has 4 N–H and O–H groups in total. The first-order valence-corrected chi connectivity index (χ1v) is 11.6. The third-order valence-corrected chi connectivity index (χ3v) is 5.51. The minimum Gasteiger partial charge on any atom is -0.379 e. The van der Waals surface area contributed by atoms with Gasteiger partial charge in [0.05, 0.1) is 0 Å². The van der Waals surface area contributed by atoms with E-state index in [1.165, 1.54) is 70.6 Å². The molecule has 168 valence electrons. The van der Waals surface area contributed by atoms with Crippen LogP contribution in [-0.2, 0) is 4.79 Å². The van der Waals surface area contributed by atoms with Gasteiger partial charge < -0.3 is 15.3 Å². The van der Waals surface area contributed by atoms with Crippen LogP contribution in [0.2, 0.25) is 0 Å². The number of hydrogen-bond acceptors (Lipinski definition) is 5. The summed E-state index contributed by atoms with van der Waals surface area (Å²) in [6, 6.07) is 0. The molecule has 0 radical (unpaired) electrons. The number of unbranched alkanes of at least 4 members (excludes halogenated alkanes) is 13. The van der Waals surface area contributed by atoms with E-state index in [1.807, 2.05) is 0 Å². The quantitative estimate of drug-likeness (QED) is 0.0847. The summed E-state index contributed by atoms with van der Waals surface area (Å²) in [6.45, 7) is 3.29. The average molecular weight is 405 g/mol. The molecule has 2 unspecified atom stereocenters. The molecular formula is C22H46NO5+. The monoisotopic (exact) mass is 404 g/mol.